The average Bonchev–Trinajstić information content (AvgIpc) is 3.17. The Labute approximate surface area is 186 Å². The van der Waals surface area contributed by atoms with Gasteiger partial charge in [0.1, 0.15) is 0 Å². The number of esters is 1. The van der Waals surface area contributed by atoms with E-state index in [-0.39, 0.29) is 11.5 Å². The molecule has 0 spiro atoms. The van der Waals surface area contributed by atoms with E-state index in [0.717, 1.165) is 24.2 Å². The number of aromatic nitrogens is 1. The van der Waals surface area contributed by atoms with E-state index in [4.69, 9.17) is 16.3 Å². The summed E-state index contributed by atoms with van der Waals surface area (Å²) >= 11 is 6.55. The van der Waals surface area contributed by atoms with Crippen molar-refractivity contribution in [3.05, 3.63) is 97.9 Å². The summed E-state index contributed by atoms with van der Waals surface area (Å²) < 4.78 is 6.51. The van der Waals surface area contributed by atoms with Crippen LogP contribution in [0.15, 0.2) is 59.4 Å². The lowest BCUT2D eigenvalue weighted by Gasteiger charge is -2.23. The van der Waals surface area contributed by atoms with E-state index in [1.807, 2.05) is 12.1 Å². The molecule has 5 nitrogen and oxygen atoms in total. The molecule has 2 aromatic carbocycles. The Morgan fingerprint density at radius 2 is 1.87 bits per heavy atom. The van der Waals surface area contributed by atoms with Gasteiger partial charge in [-0.3, -0.25) is 4.79 Å². The Kier molecular flexibility index (Phi) is 6.14. The first-order valence-corrected chi connectivity index (χ1v) is 10.7. The molecule has 0 bridgehead atoms. The number of carbonyl (C=O) groups excluding carboxylic acids is 1. The van der Waals surface area contributed by atoms with Gasteiger partial charge in [0, 0.05) is 24.8 Å². The van der Waals surface area contributed by atoms with Gasteiger partial charge in [0.05, 0.1) is 29.9 Å². The monoisotopic (exact) mass is 436 g/mol. The SMILES string of the molecule is COC(=O)c1ccc(CCn2c(CN3CCc4ccc(C)cc43)c(Cl)ccc2=O)cc1. The van der Waals surface area contributed by atoms with Crippen molar-refractivity contribution >= 4 is 23.3 Å². The van der Waals surface area contributed by atoms with Crippen molar-refractivity contribution in [1.29, 1.82) is 0 Å². The predicted molar refractivity (Wildman–Crippen MR) is 123 cm³/mol. The molecule has 1 aliphatic heterocycles. The van der Waals surface area contributed by atoms with Gasteiger partial charge >= 0.3 is 5.97 Å². The molecule has 0 radical (unpaired) electrons. The van der Waals surface area contributed by atoms with Crippen LogP contribution in [0.4, 0.5) is 5.69 Å². The van der Waals surface area contributed by atoms with E-state index < -0.39 is 0 Å². The number of hydrogen-bond acceptors (Lipinski definition) is 4. The summed E-state index contributed by atoms with van der Waals surface area (Å²) in [4.78, 5) is 26.6. The van der Waals surface area contributed by atoms with Crippen LogP contribution in [-0.4, -0.2) is 24.2 Å². The Bertz CT molecular complexity index is 1170. The third kappa shape index (κ3) is 4.52. The Morgan fingerprint density at radius 1 is 1.10 bits per heavy atom. The maximum Gasteiger partial charge on any atom is 0.337 e. The first-order chi connectivity index (χ1) is 15.0. The van der Waals surface area contributed by atoms with Crippen molar-refractivity contribution in [3.8, 4) is 0 Å². The normalized spacial score (nSPS) is 12.7. The molecule has 1 aromatic heterocycles. The molecule has 0 atom stereocenters. The number of hydrogen-bond donors (Lipinski definition) is 0. The second-order valence-electron chi connectivity index (χ2n) is 7.86. The lowest BCUT2D eigenvalue weighted by Crippen LogP contribution is -2.29. The van der Waals surface area contributed by atoms with Crippen molar-refractivity contribution in [3.63, 3.8) is 0 Å². The molecule has 2 heterocycles. The van der Waals surface area contributed by atoms with Gasteiger partial charge in [-0.15, -0.1) is 0 Å². The summed E-state index contributed by atoms with van der Waals surface area (Å²) in [6, 6.07) is 17.0. The number of halogens is 1. The molecule has 0 fully saturated rings. The Hall–Kier alpha value is -3.05. The van der Waals surface area contributed by atoms with Gasteiger partial charge in [-0.25, -0.2) is 4.79 Å². The predicted octanol–water partition coefficient (Wildman–Crippen LogP) is 4.40. The van der Waals surface area contributed by atoms with Gasteiger partial charge in [-0.05, 0) is 60.7 Å². The van der Waals surface area contributed by atoms with Gasteiger partial charge in [-0.2, -0.15) is 0 Å². The topological polar surface area (TPSA) is 51.5 Å². The highest BCUT2D eigenvalue weighted by molar-refractivity contribution is 6.31. The Morgan fingerprint density at radius 3 is 2.61 bits per heavy atom. The molecule has 0 saturated carbocycles. The van der Waals surface area contributed by atoms with Gasteiger partial charge in [-0.1, -0.05) is 35.9 Å². The summed E-state index contributed by atoms with van der Waals surface area (Å²) in [6.45, 7) is 4.11. The van der Waals surface area contributed by atoms with Crippen molar-refractivity contribution in [1.82, 2.24) is 4.57 Å². The van der Waals surface area contributed by atoms with E-state index in [9.17, 15) is 9.59 Å². The van der Waals surface area contributed by atoms with Crippen LogP contribution < -0.4 is 10.5 Å². The molecule has 1 aliphatic rings. The number of benzene rings is 2. The van der Waals surface area contributed by atoms with E-state index in [1.165, 1.54) is 30.0 Å². The second-order valence-corrected chi connectivity index (χ2v) is 8.27. The molecule has 0 saturated heterocycles. The van der Waals surface area contributed by atoms with Crippen LogP contribution in [0.2, 0.25) is 5.02 Å². The van der Waals surface area contributed by atoms with E-state index in [0.29, 0.717) is 30.1 Å². The zero-order chi connectivity index (χ0) is 22.0. The Balaban J connectivity index is 1.56. The third-order valence-electron chi connectivity index (χ3n) is 5.81. The summed E-state index contributed by atoms with van der Waals surface area (Å²) in [7, 11) is 1.36. The lowest BCUT2D eigenvalue weighted by atomic mass is 10.1. The van der Waals surface area contributed by atoms with E-state index in [1.54, 1.807) is 22.8 Å². The number of rotatable bonds is 6. The quantitative estimate of drug-likeness (QED) is 0.537. The molecule has 3 aromatic rings. The van der Waals surface area contributed by atoms with E-state index >= 15 is 0 Å². The molecule has 160 valence electrons. The molecule has 0 aliphatic carbocycles. The van der Waals surface area contributed by atoms with Crippen molar-refractivity contribution < 1.29 is 9.53 Å². The van der Waals surface area contributed by atoms with Crippen molar-refractivity contribution in [2.24, 2.45) is 0 Å². The van der Waals surface area contributed by atoms with Crippen LogP contribution in [0, 0.1) is 6.92 Å². The van der Waals surface area contributed by atoms with E-state index in [2.05, 4.69) is 30.0 Å². The van der Waals surface area contributed by atoms with Crippen LogP contribution >= 0.6 is 11.6 Å². The zero-order valence-electron chi connectivity index (χ0n) is 17.7. The minimum atomic E-state index is -0.360. The number of fused-ring (bicyclic) bond motifs is 1. The summed E-state index contributed by atoms with van der Waals surface area (Å²) in [5, 5.41) is 0.599. The average molecular weight is 437 g/mol. The second kappa shape index (κ2) is 8.98. The number of anilines is 1. The fraction of sp³-hybridized carbons (Fsp3) is 0.280. The van der Waals surface area contributed by atoms with Gasteiger partial charge < -0.3 is 14.2 Å². The number of carbonyl (C=O) groups is 1. The highest BCUT2D eigenvalue weighted by Crippen LogP contribution is 2.31. The zero-order valence-corrected chi connectivity index (χ0v) is 18.5. The summed E-state index contributed by atoms with van der Waals surface area (Å²) in [5.74, 6) is -0.360. The molecule has 0 N–H and O–H groups in total. The number of pyridine rings is 1. The van der Waals surface area contributed by atoms with Crippen LogP contribution in [-0.2, 0) is 30.7 Å². The van der Waals surface area contributed by atoms with Crippen LogP contribution in [0.25, 0.3) is 0 Å². The third-order valence-corrected chi connectivity index (χ3v) is 6.16. The number of aryl methyl sites for hydroxylation is 2. The minimum Gasteiger partial charge on any atom is -0.465 e. The minimum absolute atomic E-state index is 0.0609. The molecular formula is C25H25ClN2O3. The van der Waals surface area contributed by atoms with Crippen LogP contribution in [0.1, 0.15) is 32.7 Å². The maximum atomic E-state index is 12.7. The number of ether oxygens (including phenoxy) is 1. The standard InChI is InChI=1S/C25H25ClN2O3/c1-17-3-6-19-12-13-27(22(19)15-17)16-23-21(26)9-10-24(29)28(23)14-11-18-4-7-20(8-5-18)25(30)31-2/h3-10,15H,11-14,16H2,1-2H3. The lowest BCUT2D eigenvalue weighted by molar-refractivity contribution is 0.0600. The molecule has 31 heavy (non-hydrogen) atoms. The first-order valence-electron chi connectivity index (χ1n) is 10.4. The van der Waals surface area contributed by atoms with Crippen molar-refractivity contribution in [2.45, 2.75) is 32.9 Å². The number of methoxy groups -OCH3 is 1. The fourth-order valence-electron chi connectivity index (χ4n) is 4.07. The van der Waals surface area contributed by atoms with Gasteiger partial charge in [0.2, 0.25) is 0 Å². The fourth-order valence-corrected chi connectivity index (χ4v) is 4.29. The number of nitrogens with zero attached hydrogens (tertiary/aromatic N) is 2. The largest absolute Gasteiger partial charge is 0.465 e. The first kappa shape index (κ1) is 21.2. The molecule has 4 rings (SSSR count). The van der Waals surface area contributed by atoms with Gasteiger partial charge in [0.15, 0.2) is 0 Å². The maximum absolute atomic E-state index is 12.7. The molecule has 6 heteroatoms. The summed E-state index contributed by atoms with van der Waals surface area (Å²) in [6.07, 6.45) is 1.65. The highest BCUT2D eigenvalue weighted by atomic mass is 35.5. The van der Waals surface area contributed by atoms with Gasteiger partial charge in [0.25, 0.3) is 5.56 Å². The molecular weight excluding hydrogens is 412 g/mol. The summed E-state index contributed by atoms with van der Waals surface area (Å²) in [5.41, 5.74) is 6.08. The van der Waals surface area contributed by atoms with Crippen LogP contribution in [0.5, 0.6) is 0 Å². The van der Waals surface area contributed by atoms with Crippen LogP contribution in [0.3, 0.4) is 0 Å². The molecule has 0 unspecified atom stereocenters. The van der Waals surface area contributed by atoms with Crippen molar-refractivity contribution in [2.75, 3.05) is 18.6 Å². The smallest absolute Gasteiger partial charge is 0.337 e. The highest BCUT2D eigenvalue weighted by Gasteiger charge is 2.21. The molecule has 0 amide bonds.